The Morgan fingerprint density at radius 2 is 2.19 bits per heavy atom. The molecule has 86 valence electrons. The first kappa shape index (κ1) is 12.4. The van der Waals surface area contributed by atoms with Crippen LogP contribution in [0.3, 0.4) is 0 Å². The van der Waals surface area contributed by atoms with E-state index in [1.165, 1.54) is 12.8 Å². The van der Waals surface area contributed by atoms with E-state index in [1.807, 2.05) is 12.1 Å². The van der Waals surface area contributed by atoms with Crippen molar-refractivity contribution in [3.05, 3.63) is 23.8 Å². The van der Waals surface area contributed by atoms with Gasteiger partial charge in [-0.1, -0.05) is 19.8 Å². The predicted octanol–water partition coefficient (Wildman–Crippen LogP) is 2.90. The molecule has 0 amide bonds. The minimum atomic E-state index is 0.331. The molecular formula is C13H18N2O. The van der Waals surface area contributed by atoms with Crippen LogP contribution in [0.4, 0.5) is 5.69 Å². The fourth-order valence-corrected chi connectivity index (χ4v) is 1.45. The summed E-state index contributed by atoms with van der Waals surface area (Å²) in [7, 11) is 0. The Kier molecular flexibility index (Phi) is 5.21. The van der Waals surface area contributed by atoms with Gasteiger partial charge in [-0.15, -0.1) is 0 Å². The molecule has 16 heavy (non-hydrogen) atoms. The molecule has 0 saturated carbocycles. The van der Waals surface area contributed by atoms with Gasteiger partial charge >= 0.3 is 0 Å². The molecule has 1 aromatic rings. The van der Waals surface area contributed by atoms with Crippen molar-refractivity contribution in [1.29, 1.82) is 5.26 Å². The minimum Gasteiger partial charge on any atom is -0.494 e. The topological polar surface area (TPSA) is 59.0 Å². The highest BCUT2D eigenvalue weighted by Crippen LogP contribution is 2.20. The van der Waals surface area contributed by atoms with E-state index in [0.717, 1.165) is 24.3 Å². The van der Waals surface area contributed by atoms with Gasteiger partial charge in [0.1, 0.15) is 5.75 Å². The molecule has 0 bridgehead atoms. The number of hydrogen-bond donors (Lipinski definition) is 1. The van der Waals surface area contributed by atoms with Crippen LogP contribution in [0.25, 0.3) is 0 Å². The van der Waals surface area contributed by atoms with E-state index in [-0.39, 0.29) is 0 Å². The van der Waals surface area contributed by atoms with Crippen LogP contribution in [-0.2, 0) is 6.42 Å². The van der Waals surface area contributed by atoms with Gasteiger partial charge in [0.25, 0.3) is 0 Å². The molecule has 2 N–H and O–H groups in total. The third-order valence-corrected chi connectivity index (χ3v) is 2.40. The van der Waals surface area contributed by atoms with Gasteiger partial charge in [-0.25, -0.2) is 0 Å². The zero-order valence-electron chi connectivity index (χ0n) is 9.70. The molecule has 0 spiro atoms. The maximum atomic E-state index is 8.63. The summed E-state index contributed by atoms with van der Waals surface area (Å²) < 4.78 is 5.59. The fraction of sp³-hybridized carbons (Fsp3) is 0.462. The normalized spacial score (nSPS) is 9.75. The average molecular weight is 218 g/mol. The van der Waals surface area contributed by atoms with Crippen molar-refractivity contribution in [2.45, 2.75) is 32.6 Å². The third-order valence-electron chi connectivity index (χ3n) is 2.40. The number of nitrogens with two attached hydrogens (primary N) is 1. The van der Waals surface area contributed by atoms with Crippen LogP contribution in [-0.4, -0.2) is 6.61 Å². The Balaban J connectivity index is 2.54. The first-order chi connectivity index (χ1) is 7.77. The number of anilines is 1. The van der Waals surface area contributed by atoms with Crippen LogP contribution in [0.5, 0.6) is 5.75 Å². The number of rotatable bonds is 6. The zero-order valence-corrected chi connectivity index (χ0v) is 9.70. The fourth-order valence-electron chi connectivity index (χ4n) is 1.45. The molecular weight excluding hydrogens is 200 g/mol. The second-order valence-corrected chi connectivity index (χ2v) is 3.75. The molecule has 0 aliphatic carbocycles. The number of nitrogens with zero attached hydrogens (tertiary/aromatic N) is 1. The largest absolute Gasteiger partial charge is 0.494 e. The van der Waals surface area contributed by atoms with Crippen LogP contribution in [0.15, 0.2) is 18.2 Å². The Labute approximate surface area is 96.8 Å². The summed E-state index contributed by atoms with van der Waals surface area (Å²) >= 11 is 0. The van der Waals surface area contributed by atoms with E-state index in [4.69, 9.17) is 15.7 Å². The minimum absolute atomic E-state index is 0.331. The smallest absolute Gasteiger partial charge is 0.119 e. The summed E-state index contributed by atoms with van der Waals surface area (Å²) in [6.07, 6.45) is 3.76. The molecule has 0 heterocycles. The Hall–Kier alpha value is -1.69. The van der Waals surface area contributed by atoms with Gasteiger partial charge in [0, 0.05) is 5.69 Å². The first-order valence-electron chi connectivity index (χ1n) is 5.66. The number of unbranched alkanes of at least 4 members (excludes halogenated alkanes) is 2. The second-order valence-electron chi connectivity index (χ2n) is 3.75. The quantitative estimate of drug-likeness (QED) is 0.590. The second kappa shape index (κ2) is 6.73. The van der Waals surface area contributed by atoms with Crippen LogP contribution < -0.4 is 10.5 Å². The van der Waals surface area contributed by atoms with Crippen LogP contribution in [0.1, 0.15) is 31.7 Å². The first-order valence-corrected chi connectivity index (χ1v) is 5.66. The number of hydrogen-bond acceptors (Lipinski definition) is 3. The number of ether oxygens (including phenoxy) is 1. The maximum Gasteiger partial charge on any atom is 0.119 e. The summed E-state index contributed by atoms with van der Waals surface area (Å²) in [4.78, 5) is 0. The highest BCUT2D eigenvalue weighted by Gasteiger charge is 2.01. The molecule has 0 saturated heterocycles. The SMILES string of the molecule is CCCCCOc1ccc(N)c(CC#N)c1. The van der Waals surface area contributed by atoms with E-state index in [1.54, 1.807) is 6.07 Å². The molecule has 3 heteroatoms. The van der Waals surface area contributed by atoms with E-state index in [2.05, 4.69) is 13.0 Å². The molecule has 3 nitrogen and oxygen atoms in total. The summed E-state index contributed by atoms with van der Waals surface area (Å²) in [6.45, 7) is 2.89. The molecule has 0 aliphatic rings. The zero-order chi connectivity index (χ0) is 11.8. The Morgan fingerprint density at radius 3 is 2.88 bits per heavy atom. The van der Waals surface area contributed by atoms with Gasteiger partial charge in [-0.3, -0.25) is 0 Å². The van der Waals surface area contributed by atoms with Gasteiger partial charge < -0.3 is 10.5 Å². The van der Waals surface area contributed by atoms with Crippen LogP contribution in [0, 0.1) is 11.3 Å². The van der Waals surface area contributed by atoms with Crippen LogP contribution in [0.2, 0.25) is 0 Å². The predicted molar refractivity (Wildman–Crippen MR) is 65.2 cm³/mol. The van der Waals surface area contributed by atoms with Gasteiger partial charge in [0.2, 0.25) is 0 Å². The van der Waals surface area contributed by atoms with Crippen molar-refractivity contribution in [2.75, 3.05) is 12.3 Å². The Bertz CT molecular complexity index is 369. The number of nitriles is 1. The van der Waals surface area contributed by atoms with Crippen LogP contribution >= 0.6 is 0 Å². The van der Waals surface area contributed by atoms with Gasteiger partial charge in [0.05, 0.1) is 19.1 Å². The maximum absolute atomic E-state index is 8.63. The highest BCUT2D eigenvalue weighted by atomic mass is 16.5. The molecule has 0 radical (unpaired) electrons. The molecule has 0 aliphatic heterocycles. The number of nitrogen functional groups attached to an aromatic ring is 1. The van der Waals surface area contributed by atoms with Gasteiger partial charge in [-0.05, 0) is 30.2 Å². The molecule has 0 fully saturated rings. The lowest BCUT2D eigenvalue weighted by Crippen LogP contribution is -1.99. The van der Waals surface area contributed by atoms with Crippen molar-refractivity contribution >= 4 is 5.69 Å². The van der Waals surface area contributed by atoms with Gasteiger partial charge in [-0.2, -0.15) is 5.26 Å². The Morgan fingerprint density at radius 1 is 1.38 bits per heavy atom. The summed E-state index contributed by atoms with van der Waals surface area (Å²) in [5, 5.41) is 8.63. The summed E-state index contributed by atoms with van der Waals surface area (Å²) in [5.74, 6) is 0.801. The van der Waals surface area contributed by atoms with Crippen molar-refractivity contribution in [3.8, 4) is 11.8 Å². The monoisotopic (exact) mass is 218 g/mol. The van der Waals surface area contributed by atoms with E-state index in [0.29, 0.717) is 12.1 Å². The van der Waals surface area contributed by atoms with E-state index < -0.39 is 0 Å². The van der Waals surface area contributed by atoms with E-state index in [9.17, 15) is 0 Å². The molecule has 1 rings (SSSR count). The molecule has 1 aromatic carbocycles. The molecule has 0 unspecified atom stereocenters. The summed E-state index contributed by atoms with van der Waals surface area (Å²) in [6, 6.07) is 7.59. The lowest BCUT2D eigenvalue weighted by atomic mass is 10.1. The van der Waals surface area contributed by atoms with Crippen molar-refractivity contribution < 1.29 is 4.74 Å². The lowest BCUT2D eigenvalue weighted by Gasteiger charge is -2.08. The number of benzene rings is 1. The third kappa shape index (κ3) is 3.82. The molecule has 0 atom stereocenters. The van der Waals surface area contributed by atoms with Gasteiger partial charge in [0.15, 0.2) is 0 Å². The molecule has 0 aromatic heterocycles. The van der Waals surface area contributed by atoms with Crippen molar-refractivity contribution in [1.82, 2.24) is 0 Å². The lowest BCUT2D eigenvalue weighted by molar-refractivity contribution is 0.306. The highest BCUT2D eigenvalue weighted by molar-refractivity contribution is 5.51. The van der Waals surface area contributed by atoms with Crippen molar-refractivity contribution in [2.24, 2.45) is 0 Å². The standard InChI is InChI=1S/C13H18N2O/c1-2-3-4-9-16-12-5-6-13(15)11(10-12)7-8-14/h5-6,10H,2-4,7,9,15H2,1H3. The van der Waals surface area contributed by atoms with Crippen molar-refractivity contribution in [3.63, 3.8) is 0 Å². The van der Waals surface area contributed by atoms with E-state index >= 15 is 0 Å². The average Bonchev–Trinajstić information content (AvgIpc) is 2.29. The summed E-state index contributed by atoms with van der Waals surface area (Å²) in [5.41, 5.74) is 7.24.